The molecule has 2 fully saturated rings. The van der Waals surface area contributed by atoms with Crippen molar-refractivity contribution in [3.05, 3.63) is 24.3 Å². The van der Waals surface area contributed by atoms with E-state index >= 15 is 0 Å². The number of morpholine rings is 1. The van der Waals surface area contributed by atoms with Crippen LogP contribution in [0.4, 0.5) is 5.69 Å². The maximum Gasteiger partial charge on any atom is 0.256 e. The molecule has 2 atom stereocenters. The first kappa shape index (κ1) is 22.1. The van der Waals surface area contributed by atoms with E-state index in [1.807, 2.05) is 24.3 Å². The molecule has 1 aromatic rings. The highest BCUT2D eigenvalue weighted by Gasteiger charge is 2.42. The number of nitrogens with one attached hydrogen (secondary N) is 1. The maximum absolute atomic E-state index is 13.1. The van der Waals surface area contributed by atoms with Gasteiger partial charge in [0.2, 0.25) is 0 Å². The average Bonchev–Trinajstić information content (AvgIpc) is 2.74. The van der Waals surface area contributed by atoms with E-state index in [4.69, 9.17) is 14.2 Å². The molecule has 1 amide bonds. The SMILES string of the molecule is CCCO[C@]1(C(=O)Nc2ccc(OCCN3CCOCC3)cc2)CCC[C@@H](C)C1. The molecule has 0 spiro atoms. The average molecular weight is 405 g/mol. The van der Waals surface area contributed by atoms with Crippen molar-refractivity contribution >= 4 is 11.6 Å². The zero-order chi connectivity index (χ0) is 20.5. The normalized spacial score (nSPS) is 25.5. The van der Waals surface area contributed by atoms with E-state index in [0.29, 0.717) is 19.1 Å². The second-order valence-corrected chi connectivity index (χ2v) is 8.33. The van der Waals surface area contributed by atoms with Gasteiger partial charge in [0.05, 0.1) is 13.2 Å². The van der Waals surface area contributed by atoms with Crippen LogP contribution in [0.2, 0.25) is 0 Å². The van der Waals surface area contributed by atoms with E-state index in [1.165, 1.54) is 6.42 Å². The third-order valence-corrected chi connectivity index (χ3v) is 5.84. The number of carbonyl (C=O) groups is 1. The van der Waals surface area contributed by atoms with Gasteiger partial charge >= 0.3 is 0 Å². The van der Waals surface area contributed by atoms with Crippen LogP contribution in [-0.2, 0) is 14.3 Å². The fraction of sp³-hybridized carbons (Fsp3) is 0.696. The van der Waals surface area contributed by atoms with Crippen LogP contribution in [0.25, 0.3) is 0 Å². The lowest BCUT2D eigenvalue weighted by Gasteiger charge is -2.38. The van der Waals surface area contributed by atoms with Crippen LogP contribution in [0, 0.1) is 5.92 Å². The number of hydrogen-bond donors (Lipinski definition) is 1. The topological polar surface area (TPSA) is 60.0 Å². The molecular formula is C23H36N2O4. The smallest absolute Gasteiger partial charge is 0.256 e. The summed E-state index contributed by atoms with van der Waals surface area (Å²) in [5.74, 6) is 1.31. The van der Waals surface area contributed by atoms with E-state index in [-0.39, 0.29) is 5.91 Å². The number of benzene rings is 1. The summed E-state index contributed by atoms with van der Waals surface area (Å²) in [7, 11) is 0. The summed E-state index contributed by atoms with van der Waals surface area (Å²) in [5, 5.41) is 3.08. The van der Waals surface area contributed by atoms with E-state index in [0.717, 1.165) is 70.0 Å². The Morgan fingerprint density at radius 2 is 2.00 bits per heavy atom. The quantitative estimate of drug-likeness (QED) is 0.680. The molecule has 1 aliphatic heterocycles. The third-order valence-electron chi connectivity index (χ3n) is 5.84. The van der Waals surface area contributed by atoms with Gasteiger partial charge in [-0.15, -0.1) is 0 Å². The second-order valence-electron chi connectivity index (χ2n) is 8.33. The van der Waals surface area contributed by atoms with E-state index < -0.39 is 5.60 Å². The molecule has 1 heterocycles. The van der Waals surface area contributed by atoms with Crippen LogP contribution in [-0.4, -0.2) is 62.5 Å². The fourth-order valence-corrected chi connectivity index (χ4v) is 4.20. The molecule has 0 bridgehead atoms. The third kappa shape index (κ3) is 6.43. The van der Waals surface area contributed by atoms with Crippen LogP contribution in [0.15, 0.2) is 24.3 Å². The van der Waals surface area contributed by atoms with Gasteiger partial charge in [0.25, 0.3) is 5.91 Å². The number of carbonyl (C=O) groups excluding carboxylic acids is 1. The second kappa shape index (κ2) is 11.0. The van der Waals surface area contributed by atoms with Crippen LogP contribution in [0.3, 0.4) is 0 Å². The Balaban J connectivity index is 1.51. The van der Waals surface area contributed by atoms with Crippen molar-refractivity contribution in [2.24, 2.45) is 5.92 Å². The molecule has 162 valence electrons. The molecule has 2 aliphatic rings. The minimum absolute atomic E-state index is 0.0153. The van der Waals surface area contributed by atoms with Crippen molar-refractivity contribution in [2.75, 3.05) is 51.4 Å². The Bertz CT molecular complexity index is 630. The van der Waals surface area contributed by atoms with Crippen molar-refractivity contribution < 1.29 is 19.0 Å². The molecule has 1 saturated carbocycles. The number of rotatable bonds is 9. The number of ether oxygens (including phenoxy) is 3. The van der Waals surface area contributed by atoms with Gasteiger partial charge < -0.3 is 19.5 Å². The summed E-state index contributed by atoms with van der Waals surface area (Å²) in [6, 6.07) is 7.64. The minimum Gasteiger partial charge on any atom is -0.492 e. The van der Waals surface area contributed by atoms with Crippen molar-refractivity contribution in [2.45, 2.75) is 51.6 Å². The fourth-order valence-electron chi connectivity index (χ4n) is 4.20. The Kier molecular flexibility index (Phi) is 8.33. The zero-order valence-electron chi connectivity index (χ0n) is 18.0. The summed E-state index contributed by atoms with van der Waals surface area (Å²) in [6.07, 6.45) is 4.71. The van der Waals surface area contributed by atoms with Crippen molar-refractivity contribution in [1.82, 2.24) is 4.90 Å². The minimum atomic E-state index is -0.693. The van der Waals surface area contributed by atoms with E-state index in [9.17, 15) is 4.79 Å². The summed E-state index contributed by atoms with van der Waals surface area (Å²) in [4.78, 5) is 15.4. The predicted molar refractivity (Wildman–Crippen MR) is 114 cm³/mol. The van der Waals surface area contributed by atoms with Crippen LogP contribution >= 0.6 is 0 Å². The highest BCUT2D eigenvalue weighted by atomic mass is 16.5. The summed E-state index contributed by atoms with van der Waals surface area (Å²) >= 11 is 0. The Morgan fingerprint density at radius 1 is 1.24 bits per heavy atom. The molecule has 1 aromatic carbocycles. The summed E-state index contributed by atoms with van der Waals surface area (Å²) in [5.41, 5.74) is 0.0920. The zero-order valence-corrected chi connectivity index (χ0v) is 18.0. The van der Waals surface area contributed by atoms with Gasteiger partial charge in [-0.2, -0.15) is 0 Å². The largest absolute Gasteiger partial charge is 0.492 e. The Hall–Kier alpha value is -1.63. The van der Waals surface area contributed by atoms with Crippen LogP contribution in [0.1, 0.15) is 46.0 Å². The lowest BCUT2D eigenvalue weighted by Crippen LogP contribution is -2.48. The molecule has 6 nitrogen and oxygen atoms in total. The van der Waals surface area contributed by atoms with E-state index in [2.05, 4.69) is 24.1 Å². The standard InChI is InChI=1S/C23H36N2O4/c1-3-14-29-23(10-4-5-19(2)18-23)22(26)24-20-6-8-21(9-7-20)28-17-13-25-11-15-27-16-12-25/h6-9,19H,3-5,10-18H2,1-2H3,(H,24,26)/t19-,23-/m1/s1. The number of amides is 1. The monoisotopic (exact) mass is 404 g/mol. The van der Waals surface area contributed by atoms with Crippen LogP contribution < -0.4 is 10.1 Å². The van der Waals surface area contributed by atoms with Gasteiger partial charge in [-0.1, -0.05) is 20.3 Å². The first-order valence-electron chi connectivity index (χ1n) is 11.1. The molecule has 0 aromatic heterocycles. The van der Waals surface area contributed by atoms with Gasteiger partial charge in [0.1, 0.15) is 18.0 Å². The van der Waals surface area contributed by atoms with Gasteiger partial charge in [-0.3, -0.25) is 9.69 Å². The number of hydrogen-bond acceptors (Lipinski definition) is 5. The van der Waals surface area contributed by atoms with Crippen LogP contribution in [0.5, 0.6) is 5.75 Å². The van der Waals surface area contributed by atoms with Gasteiger partial charge in [0.15, 0.2) is 0 Å². The van der Waals surface area contributed by atoms with Crippen molar-refractivity contribution in [3.8, 4) is 5.75 Å². The van der Waals surface area contributed by atoms with Gasteiger partial charge in [0, 0.05) is 31.9 Å². The van der Waals surface area contributed by atoms with E-state index in [1.54, 1.807) is 0 Å². The maximum atomic E-state index is 13.1. The highest BCUT2D eigenvalue weighted by molar-refractivity contribution is 5.97. The lowest BCUT2D eigenvalue weighted by molar-refractivity contribution is -0.148. The van der Waals surface area contributed by atoms with Crippen molar-refractivity contribution in [3.63, 3.8) is 0 Å². The molecule has 6 heteroatoms. The molecule has 1 N–H and O–H groups in total. The first-order valence-corrected chi connectivity index (χ1v) is 11.1. The highest BCUT2D eigenvalue weighted by Crippen LogP contribution is 2.36. The molecule has 1 saturated heterocycles. The summed E-state index contributed by atoms with van der Waals surface area (Å²) < 4.78 is 17.3. The predicted octanol–water partition coefficient (Wildman–Crippen LogP) is 3.71. The summed E-state index contributed by atoms with van der Waals surface area (Å²) in [6.45, 7) is 10.00. The van der Waals surface area contributed by atoms with Gasteiger partial charge in [-0.05, 0) is 55.9 Å². The number of anilines is 1. The first-order chi connectivity index (χ1) is 14.1. The molecule has 1 aliphatic carbocycles. The Labute approximate surface area is 174 Å². The lowest BCUT2D eigenvalue weighted by atomic mass is 9.78. The molecule has 0 radical (unpaired) electrons. The molecular weight excluding hydrogens is 368 g/mol. The molecule has 29 heavy (non-hydrogen) atoms. The van der Waals surface area contributed by atoms with Crippen molar-refractivity contribution in [1.29, 1.82) is 0 Å². The molecule has 0 unspecified atom stereocenters. The van der Waals surface area contributed by atoms with Gasteiger partial charge in [-0.25, -0.2) is 0 Å². The Morgan fingerprint density at radius 3 is 2.69 bits per heavy atom. The molecule has 3 rings (SSSR count). The number of nitrogens with zero attached hydrogens (tertiary/aromatic N) is 1.